The molecule has 1 fully saturated rings. The molecule has 1 amide bonds. The Hall–Kier alpha value is -2.20. The molecule has 1 aliphatic rings. The number of methoxy groups -OCH3 is 2. The third kappa shape index (κ3) is 3.06. The van der Waals surface area contributed by atoms with Crippen LogP contribution in [0.2, 0.25) is 5.02 Å². The second-order valence-corrected chi connectivity index (χ2v) is 6.16. The van der Waals surface area contributed by atoms with Gasteiger partial charge in [-0.15, -0.1) is 0 Å². The third-order valence-electron chi connectivity index (χ3n) is 4.41. The molecular weight excluding hydrogens is 326 g/mol. The summed E-state index contributed by atoms with van der Waals surface area (Å²) in [7, 11) is 3.14. The van der Waals surface area contributed by atoms with Crippen molar-refractivity contribution in [2.75, 3.05) is 20.8 Å². The summed E-state index contributed by atoms with van der Waals surface area (Å²) in [5, 5.41) is 0.703. The van der Waals surface area contributed by atoms with Gasteiger partial charge in [0.15, 0.2) is 11.5 Å². The van der Waals surface area contributed by atoms with Crippen molar-refractivity contribution in [1.29, 1.82) is 0 Å². The van der Waals surface area contributed by atoms with Crippen LogP contribution >= 0.6 is 11.6 Å². The van der Waals surface area contributed by atoms with E-state index in [1.54, 1.807) is 32.4 Å². The lowest BCUT2D eigenvalue weighted by Gasteiger charge is -2.26. The van der Waals surface area contributed by atoms with Crippen LogP contribution in [0.5, 0.6) is 11.5 Å². The van der Waals surface area contributed by atoms with E-state index in [0.717, 1.165) is 24.9 Å². The Bertz CT molecular complexity index is 747. The van der Waals surface area contributed by atoms with Gasteiger partial charge in [0.2, 0.25) is 0 Å². The van der Waals surface area contributed by atoms with Crippen molar-refractivity contribution < 1.29 is 14.3 Å². The molecule has 0 aliphatic carbocycles. The number of amides is 1. The Kier molecular flexibility index (Phi) is 4.95. The smallest absolute Gasteiger partial charge is 0.254 e. The summed E-state index contributed by atoms with van der Waals surface area (Å²) < 4.78 is 10.5. The summed E-state index contributed by atoms with van der Waals surface area (Å²) >= 11 is 6.33. The van der Waals surface area contributed by atoms with Gasteiger partial charge in [-0.2, -0.15) is 0 Å². The maximum atomic E-state index is 13.0. The predicted molar refractivity (Wildman–Crippen MR) is 94.0 cm³/mol. The van der Waals surface area contributed by atoms with E-state index in [0.29, 0.717) is 22.1 Å². The first-order valence-electron chi connectivity index (χ1n) is 7.93. The molecule has 0 unspecified atom stereocenters. The molecule has 24 heavy (non-hydrogen) atoms. The van der Waals surface area contributed by atoms with Crippen LogP contribution in [0.1, 0.15) is 34.8 Å². The summed E-state index contributed by atoms with van der Waals surface area (Å²) in [6.07, 6.45) is 1.89. The number of rotatable bonds is 4. The van der Waals surface area contributed by atoms with Crippen LogP contribution in [-0.2, 0) is 0 Å². The summed E-state index contributed by atoms with van der Waals surface area (Å²) in [5.74, 6) is 1.15. The van der Waals surface area contributed by atoms with Crippen LogP contribution in [-0.4, -0.2) is 31.6 Å². The third-order valence-corrected chi connectivity index (χ3v) is 4.75. The largest absolute Gasteiger partial charge is 0.493 e. The van der Waals surface area contributed by atoms with E-state index in [2.05, 4.69) is 0 Å². The zero-order chi connectivity index (χ0) is 17.1. The topological polar surface area (TPSA) is 38.8 Å². The van der Waals surface area contributed by atoms with Gasteiger partial charge in [-0.25, -0.2) is 0 Å². The number of likely N-dealkylation sites (tertiary alicyclic amines) is 1. The molecule has 0 spiro atoms. The number of halogens is 1. The van der Waals surface area contributed by atoms with Gasteiger partial charge in [-0.1, -0.05) is 29.8 Å². The van der Waals surface area contributed by atoms with Gasteiger partial charge in [-0.3, -0.25) is 4.79 Å². The van der Waals surface area contributed by atoms with Gasteiger partial charge in [0.25, 0.3) is 5.91 Å². The Morgan fingerprint density at radius 2 is 1.88 bits per heavy atom. The maximum absolute atomic E-state index is 13.0. The highest BCUT2D eigenvalue weighted by Gasteiger charge is 2.32. The van der Waals surface area contributed by atoms with Crippen molar-refractivity contribution in [1.82, 2.24) is 4.90 Å². The number of benzene rings is 2. The van der Waals surface area contributed by atoms with E-state index in [1.165, 1.54) is 0 Å². The monoisotopic (exact) mass is 345 g/mol. The first-order valence-corrected chi connectivity index (χ1v) is 8.31. The standard InChI is InChI=1S/C19H20ClNO3/c1-23-17-10-9-13(12-18(17)24-2)19(22)21-11-5-8-16(21)14-6-3-4-7-15(14)20/h3-4,6-7,9-10,12,16H,5,8,11H2,1-2H3/t16-/m0/s1. The van der Waals surface area contributed by atoms with Gasteiger partial charge in [0.05, 0.1) is 20.3 Å². The lowest BCUT2D eigenvalue weighted by atomic mass is 10.0. The van der Waals surface area contributed by atoms with E-state index < -0.39 is 0 Å². The molecule has 0 saturated carbocycles. The highest BCUT2D eigenvalue weighted by atomic mass is 35.5. The molecule has 5 heteroatoms. The molecule has 1 saturated heterocycles. The maximum Gasteiger partial charge on any atom is 0.254 e. The number of carbonyl (C=O) groups is 1. The summed E-state index contributed by atoms with van der Waals surface area (Å²) in [6, 6.07) is 13.0. The van der Waals surface area contributed by atoms with Crippen molar-refractivity contribution in [3.05, 3.63) is 58.6 Å². The van der Waals surface area contributed by atoms with Crippen molar-refractivity contribution in [3.63, 3.8) is 0 Å². The molecule has 126 valence electrons. The van der Waals surface area contributed by atoms with Crippen LogP contribution in [0, 0.1) is 0 Å². The Balaban J connectivity index is 1.90. The lowest BCUT2D eigenvalue weighted by molar-refractivity contribution is 0.0735. The fraction of sp³-hybridized carbons (Fsp3) is 0.316. The van der Waals surface area contributed by atoms with Crippen molar-refractivity contribution in [2.24, 2.45) is 0 Å². The fourth-order valence-electron chi connectivity index (χ4n) is 3.21. The van der Waals surface area contributed by atoms with E-state index in [4.69, 9.17) is 21.1 Å². The number of hydrogen-bond donors (Lipinski definition) is 0. The van der Waals surface area contributed by atoms with Crippen LogP contribution in [0.15, 0.2) is 42.5 Å². The highest BCUT2D eigenvalue weighted by molar-refractivity contribution is 6.31. The number of nitrogens with zero attached hydrogens (tertiary/aromatic N) is 1. The van der Waals surface area contributed by atoms with Crippen LogP contribution < -0.4 is 9.47 Å². The van der Waals surface area contributed by atoms with Crippen LogP contribution in [0.4, 0.5) is 0 Å². The Morgan fingerprint density at radius 1 is 1.12 bits per heavy atom. The minimum atomic E-state index is -0.0154. The average molecular weight is 346 g/mol. The van der Waals surface area contributed by atoms with Crippen molar-refractivity contribution >= 4 is 17.5 Å². The second kappa shape index (κ2) is 7.14. The molecule has 0 radical (unpaired) electrons. The predicted octanol–water partition coefficient (Wildman–Crippen LogP) is 4.33. The van der Waals surface area contributed by atoms with Gasteiger partial charge in [0.1, 0.15) is 0 Å². The molecule has 1 heterocycles. The van der Waals surface area contributed by atoms with E-state index >= 15 is 0 Å². The molecule has 1 atom stereocenters. The molecule has 4 nitrogen and oxygen atoms in total. The van der Waals surface area contributed by atoms with Gasteiger partial charge in [-0.05, 0) is 42.7 Å². The first kappa shape index (κ1) is 16.7. The average Bonchev–Trinajstić information content (AvgIpc) is 3.10. The molecule has 0 aromatic heterocycles. The van der Waals surface area contributed by atoms with Crippen LogP contribution in [0.3, 0.4) is 0 Å². The SMILES string of the molecule is COc1ccc(C(=O)N2CCC[C@H]2c2ccccc2Cl)cc1OC. The molecule has 1 aliphatic heterocycles. The number of carbonyl (C=O) groups excluding carboxylic acids is 1. The molecule has 0 N–H and O–H groups in total. The number of ether oxygens (including phenoxy) is 2. The van der Waals surface area contributed by atoms with E-state index in [9.17, 15) is 4.79 Å². The fourth-order valence-corrected chi connectivity index (χ4v) is 3.48. The van der Waals surface area contributed by atoms with E-state index in [1.807, 2.05) is 29.2 Å². The quantitative estimate of drug-likeness (QED) is 0.827. The van der Waals surface area contributed by atoms with Gasteiger partial charge < -0.3 is 14.4 Å². The summed E-state index contributed by atoms with van der Waals surface area (Å²) in [5.41, 5.74) is 1.59. The molecular formula is C19H20ClNO3. The molecule has 2 aromatic carbocycles. The minimum Gasteiger partial charge on any atom is -0.493 e. The number of hydrogen-bond acceptors (Lipinski definition) is 3. The minimum absolute atomic E-state index is 0.0132. The zero-order valence-corrected chi connectivity index (χ0v) is 14.5. The summed E-state index contributed by atoms with van der Waals surface area (Å²) in [4.78, 5) is 14.9. The first-order chi connectivity index (χ1) is 11.7. The second-order valence-electron chi connectivity index (χ2n) is 5.75. The highest BCUT2D eigenvalue weighted by Crippen LogP contribution is 2.37. The molecule has 0 bridgehead atoms. The van der Waals surface area contributed by atoms with Crippen molar-refractivity contribution in [2.45, 2.75) is 18.9 Å². The normalized spacial score (nSPS) is 17.0. The van der Waals surface area contributed by atoms with Crippen molar-refractivity contribution in [3.8, 4) is 11.5 Å². The van der Waals surface area contributed by atoms with E-state index in [-0.39, 0.29) is 11.9 Å². The lowest BCUT2D eigenvalue weighted by Crippen LogP contribution is -2.30. The van der Waals surface area contributed by atoms with Gasteiger partial charge in [0, 0.05) is 17.1 Å². The molecule has 3 rings (SSSR count). The Morgan fingerprint density at radius 3 is 2.58 bits per heavy atom. The zero-order valence-electron chi connectivity index (χ0n) is 13.8. The Labute approximate surface area is 146 Å². The van der Waals surface area contributed by atoms with Gasteiger partial charge >= 0.3 is 0 Å². The van der Waals surface area contributed by atoms with Crippen LogP contribution in [0.25, 0.3) is 0 Å². The molecule has 2 aromatic rings. The summed E-state index contributed by atoms with van der Waals surface area (Å²) in [6.45, 7) is 0.725.